The lowest BCUT2D eigenvalue weighted by Gasteiger charge is -2.40. The molecule has 2 unspecified atom stereocenters. The number of rotatable bonds is 3. The number of benzene rings is 1. The minimum atomic E-state index is -0.443. The molecule has 1 aliphatic rings. The van der Waals surface area contributed by atoms with Gasteiger partial charge in [0, 0.05) is 5.69 Å². The number of piperazine rings is 1. The Labute approximate surface area is 126 Å². The SMILES string of the molecule is CCC1NC(=O)C(C(C)C)N(c2cc(C)cc(C)c2)C1=O. The molecular weight excluding hydrogens is 264 g/mol. The van der Waals surface area contributed by atoms with Crippen LogP contribution in [0.3, 0.4) is 0 Å². The Balaban J connectivity index is 2.52. The summed E-state index contributed by atoms with van der Waals surface area (Å²) < 4.78 is 0. The predicted molar refractivity (Wildman–Crippen MR) is 84.2 cm³/mol. The first kappa shape index (κ1) is 15.5. The molecule has 0 aliphatic carbocycles. The Kier molecular flexibility index (Phi) is 4.35. The maximum atomic E-state index is 12.8. The van der Waals surface area contributed by atoms with Crippen LogP contribution in [0.1, 0.15) is 38.3 Å². The maximum absolute atomic E-state index is 12.8. The van der Waals surface area contributed by atoms with Gasteiger partial charge >= 0.3 is 0 Å². The van der Waals surface area contributed by atoms with Crippen molar-refractivity contribution in [3.05, 3.63) is 29.3 Å². The second-order valence-electron chi connectivity index (χ2n) is 6.21. The Morgan fingerprint density at radius 1 is 1.14 bits per heavy atom. The van der Waals surface area contributed by atoms with E-state index in [9.17, 15) is 9.59 Å². The molecule has 1 N–H and O–H groups in total. The van der Waals surface area contributed by atoms with Gasteiger partial charge in [0.25, 0.3) is 0 Å². The third kappa shape index (κ3) is 2.94. The molecule has 0 saturated carbocycles. The monoisotopic (exact) mass is 288 g/mol. The van der Waals surface area contributed by atoms with E-state index in [0.717, 1.165) is 16.8 Å². The molecule has 1 fully saturated rings. The number of aryl methyl sites for hydroxylation is 2. The highest BCUT2D eigenvalue weighted by atomic mass is 16.2. The van der Waals surface area contributed by atoms with Gasteiger partial charge in [-0.25, -0.2) is 0 Å². The molecule has 0 radical (unpaired) electrons. The van der Waals surface area contributed by atoms with E-state index in [1.807, 2.05) is 46.8 Å². The van der Waals surface area contributed by atoms with Crippen molar-refractivity contribution in [2.45, 2.75) is 53.1 Å². The smallest absolute Gasteiger partial charge is 0.250 e. The second-order valence-corrected chi connectivity index (χ2v) is 6.21. The number of hydrogen-bond acceptors (Lipinski definition) is 2. The fourth-order valence-corrected chi connectivity index (χ4v) is 3.00. The molecule has 1 aromatic carbocycles. The quantitative estimate of drug-likeness (QED) is 0.929. The van der Waals surface area contributed by atoms with Gasteiger partial charge in [0.05, 0.1) is 0 Å². The van der Waals surface area contributed by atoms with E-state index in [4.69, 9.17) is 0 Å². The summed E-state index contributed by atoms with van der Waals surface area (Å²) in [5, 5.41) is 2.85. The molecule has 0 aromatic heterocycles. The van der Waals surface area contributed by atoms with Crippen molar-refractivity contribution in [1.29, 1.82) is 0 Å². The van der Waals surface area contributed by atoms with Crippen molar-refractivity contribution in [2.75, 3.05) is 4.90 Å². The highest BCUT2D eigenvalue weighted by Gasteiger charge is 2.42. The van der Waals surface area contributed by atoms with E-state index >= 15 is 0 Å². The van der Waals surface area contributed by atoms with Crippen LogP contribution in [0.15, 0.2) is 18.2 Å². The zero-order chi connectivity index (χ0) is 15.7. The maximum Gasteiger partial charge on any atom is 0.250 e. The van der Waals surface area contributed by atoms with Gasteiger partial charge in [0.2, 0.25) is 11.8 Å². The molecule has 2 atom stereocenters. The van der Waals surface area contributed by atoms with Crippen LogP contribution >= 0.6 is 0 Å². The van der Waals surface area contributed by atoms with Gasteiger partial charge in [-0.3, -0.25) is 14.5 Å². The van der Waals surface area contributed by atoms with E-state index in [0.29, 0.717) is 6.42 Å². The Morgan fingerprint density at radius 3 is 2.19 bits per heavy atom. The largest absolute Gasteiger partial charge is 0.342 e. The lowest BCUT2D eigenvalue weighted by Crippen LogP contribution is -2.65. The van der Waals surface area contributed by atoms with Gasteiger partial charge in [-0.2, -0.15) is 0 Å². The minimum Gasteiger partial charge on any atom is -0.342 e. The van der Waals surface area contributed by atoms with E-state index in [1.54, 1.807) is 4.90 Å². The molecule has 1 aromatic rings. The first-order chi connectivity index (χ1) is 9.85. The zero-order valence-electron chi connectivity index (χ0n) is 13.4. The molecule has 4 heteroatoms. The van der Waals surface area contributed by atoms with Crippen LogP contribution in [0.2, 0.25) is 0 Å². The topological polar surface area (TPSA) is 49.4 Å². The Morgan fingerprint density at radius 2 is 1.71 bits per heavy atom. The number of amides is 2. The van der Waals surface area contributed by atoms with Crippen LogP contribution in [-0.2, 0) is 9.59 Å². The molecule has 0 spiro atoms. The lowest BCUT2D eigenvalue weighted by atomic mass is 9.95. The number of hydrogen-bond donors (Lipinski definition) is 1. The molecule has 0 bridgehead atoms. The van der Waals surface area contributed by atoms with Crippen LogP contribution in [0.25, 0.3) is 0 Å². The van der Waals surface area contributed by atoms with Crippen molar-refractivity contribution in [3.8, 4) is 0 Å². The summed E-state index contributed by atoms with van der Waals surface area (Å²) >= 11 is 0. The zero-order valence-corrected chi connectivity index (χ0v) is 13.4. The summed E-state index contributed by atoms with van der Waals surface area (Å²) in [5.41, 5.74) is 3.02. The standard InChI is InChI=1S/C17H24N2O2/c1-6-14-17(21)19(15(10(2)3)16(20)18-14)13-8-11(4)7-12(5)9-13/h7-10,14-15H,6H2,1-5H3,(H,18,20). The summed E-state index contributed by atoms with van der Waals surface area (Å²) in [5.74, 6) is -0.0102. The van der Waals surface area contributed by atoms with Gasteiger partial charge in [-0.1, -0.05) is 26.8 Å². The van der Waals surface area contributed by atoms with Gasteiger partial charge in [0.1, 0.15) is 12.1 Å². The first-order valence-corrected chi connectivity index (χ1v) is 7.57. The summed E-state index contributed by atoms with van der Waals surface area (Å²) in [6.07, 6.45) is 0.608. The van der Waals surface area contributed by atoms with E-state index in [1.165, 1.54) is 0 Å². The van der Waals surface area contributed by atoms with Crippen LogP contribution in [0.5, 0.6) is 0 Å². The normalized spacial score (nSPS) is 22.7. The van der Waals surface area contributed by atoms with Crippen molar-refractivity contribution in [1.82, 2.24) is 5.32 Å². The molecule has 2 rings (SSSR count). The van der Waals surface area contributed by atoms with Crippen LogP contribution in [0.4, 0.5) is 5.69 Å². The highest BCUT2D eigenvalue weighted by Crippen LogP contribution is 2.27. The molecule has 1 heterocycles. The molecule has 1 aliphatic heterocycles. The van der Waals surface area contributed by atoms with E-state index in [-0.39, 0.29) is 17.7 Å². The third-order valence-corrected chi connectivity index (χ3v) is 3.92. The average Bonchev–Trinajstić information content (AvgIpc) is 2.38. The van der Waals surface area contributed by atoms with Crippen molar-refractivity contribution in [3.63, 3.8) is 0 Å². The first-order valence-electron chi connectivity index (χ1n) is 7.57. The van der Waals surface area contributed by atoms with Crippen molar-refractivity contribution >= 4 is 17.5 Å². The second kappa shape index (κ2) is 5.88. The summed E-state index contributed by atoms with van der Waals surface area (Å²) in [6.45, 7) is 9.87. The number of nitrogens with zero attached hydrogens (tertiary/aromatic N) is 1. The summed E-state index contributed by atoms with van der Waals surface area (Å²) in [4.78, 5) is 26.8. The van der Waals surface area contributed by atoms with Gasteiger partial charge in [0.15, 0.2) is 0 Å². The fraction of sp³-hybridized carbons (Fsp3) is 0.529. The lowest BCUT2D eigenvalue weighted by molar-refractivity contribution is -0.134. The van der Waals surface area contributed by atoms with Crippen LogP contribution in [0, 0.1) is 19.8 Å². The number of carbonyl (C=O) groups excluding carboxylic acids is 2. The van der Waals surface area contributed by atoms with E-state index < -0.39 is 12.1 Å². The van der Waals surface area contributed by atoms with Gasteiger partial charge in [-0.05, 0) is 49.4 Å². The highest BCUT2D eigenvalue weighted by molar-refractivity contribution is 6.08. The minimum absolute atomic E-state index is 0.0131. The predicted octanol–water partition coefficient (Wildman–Crippen LogP) is 2.57. The van der Waals surface area contributed by atoms with Gasteiger partial charge in [-0.15, -0.1) is 0 Å². The van der Waals surface area contributed by atoms with E-state index in [2.05, 4.69) is 11.4 Å². The summed E-state index contributed by atoms with van der Waals surface area (Å²) in [7, 11) is 0. The number of anilines is 1. The molecular formula is C17H24N2O2. The molecule has 1 saturated heterocycles. The molecule has 114 valence electrons. The fourth-order valence-electron chi connectivity index (χ4n) is 3.00. The number of nitrogens with one attached hydrogen (secondary N) is 1. The average molecular weight is 288 g/mol. The summed E-state index contributed by atoms with van der Waals surface area (Å²) in [6, 6.07) is 5.16. The van der Waals surface area contributed by atoms with Crippen LogP contribution < -0.4 is 10.2 Å². The molecule has 2 amide bonds. The molecule has 4 nitrogen and oxygen atoms in total. The Hall–Kier alpha value is -1.84. The Bertz CT molecular complexity index is 546. The molecule has 21 heavy (non-hydrogen) atoms. The van der Waals surface area contributed by atoms with Gasteiger partial charge < -0.3 is 5.32 Å². The van der Waals surface area contributed by atoms with Crippen LogP contribution in [-0.4, -0.2) is 23.9 Å². The van der Waals surface area contributed by atoms with Crippen molar-refractivity contribution in [2.24, 2.45) is 5.92 Å². The van der Waals surface area contributed by atoms with Crippen molar-refractivity contribution < 1.29 is 9.59 Å². The number of carbonyl (C=O) groups is 2. The third-order valence-electron chi connectivity index (χ3n) is 3.92.